The first kappa shape index (κ1) is 12.5. The molecule has 1 saturated heterocycles. The second-order valence-electron chi connectivity index (χ2n) is 4.76. The Hall–Kier alpha value is -0.910. The Morgan fingerprint density at radius 3 is 3.06 bits per heavy atom. The quantitative estimate of drug-likeness (QED) is 0.700. The van der Waals surface area contributed by atoms with Crippen molar-refractivity contribution in [3.05, 3.63) is 11.6 Å². The van der Waals surface area contributed by atoms with Crippen LogP contribution in [0.1, 0.15) is 12.8 Å². The second-order valence-corrected chi connectivity index (χ2v) is 4.76. The fourth-order valence-corrected chi connectivity index (χ4v) is 2.28. The number of nitrogens with zero attached hydrogens (tertiary/aromatic N) is 1. The summed E-state index contributed by atoms with van der Waals surface area (Å²) in [4.78, 5) is 14.1. The van der Waals surface area contributed by atoms with Gasteiger partial charge in [0, 0.05) is 26.8 Å². The first-order valence-electron chi connectivity index (χ1n) is 5.98. The van der Waals surface area contributed by atoms with E-state index in [4.69, 9.17) is 15.2 Å². The van der Waals surface area contributed by atoms with E-state index in [0.29, 0.717) is 32.8 Å². The Morgan fingerprint density at radius 2 is 2.53 bits per heavy atom. The van der Waals surface area contributed by atoms with Gasteiger partial charge in [-0.05, 0) is 18.4 Å². The minimum atomic E-state index is -0.799. The van der Waals surface area contributed by atoms with Crippen LogP contribution in [0.15, 0.2) is 11.6 Å². The Bertz CT molecular complexity index is 322. The summed E-state index contributed by atoms with van der Waals surface area (Å²) in [6.07, 6.45) is 3.55. The molecule has 5 nitrogen and oxygen atoms in total. The van der Waals surface area contributed by atoms with Gasteiger partial charge in [0.1, 0.15) is 5.54 Å². The lowest BCUT2D eigenvalue weighted by molar-refractivity contribution is -0.136. The molecule has 0 aromatic heterocycles. The van der Waals surface area contributed by atoms with Crippen LogP contribution in [-0.4, -0.2) is 56.4 Å². The zero-order chi connectivity index (χ0) is 12.3. The smallest absolute Gasteiger partial charge is 0.245 e. The average Bonchev–Trinajstić information content (AvgIpc) is 2.78. The van der Waals surface area contributed by atoms with Gasteiger partial charge in [0.05, 0.1) is 13.2 Å². The SMILES string of the molecule is COCC1=CCN(C(=O)C2(N)CCOC2)CC1. The third-order valence-corrected chi connectivity index (χ3v) is 3.40. The Balaban J connectivity index is 1.94. The molecule has 2 aliphatic rings. The molecule has 1 amide bonds. The maximum absolute atomic E-state index is 12.2. The van der Waals surface area contributed by atoms with E-state index in [2.05, 4.69) is 6.08 Å². The topological polar surface area (TPSA) is 64.8 Å². The van der Waals surface area contributed by atoms with Crippen LogP contribution in [0.4, 0.5) is 0 Å². The van der Waals surface area contributed by atoms with E-state index in [1.807, 2.05) is 4.90 Å². The van der Waals surface area contributed by atoms with E-state index in [1.54, 1.807) is 7.11 Å². The lowest BCUT2D eigenvalue weighted by Crippen LogP contribution is -2.56. The monoisotopic (exact) mass is 240 g/mol. The van der Waals surface area contributed by atoms with Gasteiger partial charge in [-0.15, -0.1) is 0 Å². The minimum Gasteiger partial charge on any atom is -0.380 e. The molecular formula is C12H20N2O3. The van der Waals surface area contributed by atoms with Crippen molar-refractivity contribution >= 4 is 5.91 Å². The molecule has 0 aromatic rings. The molecule has 5 heteroatoms. The van der Waals surface area contributed by atoms with Crippen LogP contribution in [0.25, 0.3) is 0 Å². The summed E-state index contributed by atoms with van der Waals surface area (Å²) in [6, 6.07) is 0. The zero-order valence-electron chi connectivity index (χ0n) is 10.3. The van der Waals surface area contributed by atoms with Gasteiger partial charge in [0.15, 0.2) is 0 Å². The van der Waals surface area contributed by atoms with Gasteiger partial charge in [-0.1, -0.05) is 6.08 Å². The standard InChI is InChI=1S/C12H20N2O3/c1-16-8-10-2-5-14(6-3-10)11(15)12(13)4-7-17-9-12/h2H,3-9,13H2,1H3. The van der Waals surface area contributed by atoms with Crippen molar-refractivity contribution in [1.29, 1.82) is 0 Å². The highest BCUT2D eigenvalue weighted by Crippen LogP contribution is 2.21. The Morgan fingerprint density at radius 1 is 1.71 bits per heavy atom. The fourth-order valence-electron chi connectivity index (χ4n) is 2.28. The summed E-state index contributed by atoms with van der Waals surface area (Å²) in [6.45, 7) is 2.94. The van der Waals surface area contributed by atoms with Crippen LogP contribution in [0.3, 0.4) is 0 Å². The molecule has 2 heterocycles. The minimum absolute atomic E-state index is 0.0164. The molecule has 2 aliphatic heterocycles. The summed E-state index contributed by atoms with van der Waals surface area (Å²) in [5.41, 5.74) is 6.52. The fraction of sp³-hybridized carbons (Fsp3) is 0.750. The van der Waals surface area contributed by atoms with E-state index in [0.717, 1.165) is 13.0 Å². The van der Waals surface area contributed by atoms with Gasteiger partial charge >= 0.3 is 0 Å². The maximum atomic E-state index is 12.2. The van der Waals surface area contributed by atoms with Crippen molar-refractivity contribution in [2.75, 3.05) is 40.0 Å². The molecular weight excluding hydrogens is 220 g/mol. The van der Waals surface area contributed by atoms with Crippen LogP contribution in [0.2, 0.25) is 0 Å². The molecule has 0 aliphatic carbocycles. The average molecular weight is 240 g/mol. The molecule has 96 valence electrons. The number of amides is 1. The zero-order valence-corrected chi connectivity index (χ0v) is 10.3. The highest BCUT2D eigenvalue weighted by molar-refractivity contribution is 5.87. The highest BCUT2D eigenvalue weighted by atomic mass is 16.5. The highest BCUT2D eigenvalue weighted by Gasteiger charge is 2.41. The van der Waals surface area contributed by atoms with Crippen LogP contribution in [-0.2, 0) is 14.3 Å². The van der Waals surface area contributed by atoms with Crippen molar-refractivity contribution in [2.24, 2.45) is 5.73 Å². The predicted octanol–water partition coefficient (Wildman–Crippen LogP) is -0.0907. The lowest BCUT2D eigenvalue weighted by atomic mass is 9.97. The Kier molecular flexibility index (Phi) is 3.81. The normalized spacial score (nSPS) is 29.3. The Labute approximate surface area is 102 Å². The molecule has 1 fully saturated rings. The number of nitrogens with two attached hydrogens (primary N) is 1. The number of carbonyl (C=O) groups excluding carboxylic acids is 1. The molecule has 1 atom stereocenters. The molecule has 0 spiro atoms. The van der Waals surface area contributed by atoms with Crippen molar-refractivity contribution in [2.45, 2.75) is 18.4 Å². The van der Waals surface area contributed by atoms with Crippen molar-refractivity contribution in [3.8, 4) is 0 Å². The summed E-state index contributed by atoms with van der Waals surface area (Å²) in [5.74, 6) is 0.0164. The van der Waals surface area contributed by atoms with Crippen LogP contribution in [0.5, 0.6) is 0 Å². The molecule has 0 saturated carbocycles. The van der Waals surface area contributed by atoms with E-state index >= 15 is 0 Å². The maximum Gasteiger partial charge on any atom is 0.245 e. The van der Waals surface area contributed by atoms with E-state index in [9.17, 15) is 4.79 Å². The third kappa shape index (κ3) is 2.68. The van der Waals surface area contributed by atoms with Gasteiger partial charge in [-0.3, -0.25) is 4.79 Å². The summed E-state index contributed by atoms with van der Waals surface area (Å²) >= 11 is 0. The molecule has 2 rings (SSSR count). The number of hydrogen-bond acceptors (Lipinski definition) is 4. The van der Waals surface area contributed by atoms with Gasteiger partial charge in [-0.25, -0.2) is 0 Å². The van der Waals surface area contributed by atoms with Crippen molar-refractivity contribution in [1.82, 2.24) is 4.90 Å². The molecule has 0 radical (unpaired) electrons. The van der Waals surface area contributed by atoms with Gasteiger partial charge in [0.2, 0.25) is 5.91 Å². The lowest BCUT2D eigenvalue weighted by Gasteiger charge is -2.32. The predicted molar refractivity (Wildman–Crippen MR) is 63.5 cm³/mol. The summed E-state index contributed by atoms with van der Waals surface area (Å²) < 4.78 is 10.3. The van der Waals surface area contributed by atoms with E-state index in [1.165, 1.54) is 5.57 Å². The number of methoxy groups -OCH3 is 1. The van der Waals surface area contributed by atoms with Crippen LogP contribution >= 0.6 is 0 Å². The van der Waals surface area contributed by atoms with Gasteiger partial charge in [-0.2, -0.15) is 0 Å². The van der Waals surface area contributed by atoms with Crippen molar-refractivity contribution < 1.29 is 14.3 Å². The summed E-state index contributed by atoms with van der Waals surface area (Å²) in [7, 11) is 1.68. The first-order valence-corrected chi connectivity index (χ1v) is 5.98. The van der Waals surface area contributed by atoms with Gasteiger partial charge < -0.3 is 20.1 Å². The van der Waals surface area contributed by atoms with Gasteiger partial charge in [0.25, 0.3) is 0 Å². The largest absolute Gasteiger partial charge is 0.380 e. The van der Waals surface area contributed by atoms with Crippen molar-refractivity contribution in [3.63, 3.8) is 0 Å². The molecule has 0 aromatic carbocycles. The first-order chi connectivity index (χ1) is 8.15. The van der Waals surface area contributed by atoms with E-state index in [-0.39, 0.29) is 5.91 Å². The summed E-state index contributed by atoms with van der Waals surface area (Å²) in [5, 5.41) is 0. The third-order valence-electron chi connectivity index (χ3n) is 3.40. The number of hydrogen-bond donors (Lipinski definition) is 1. The van der Waals surface area contributed by atoms with Crippen LogP contribution in [0, 0.1) is 0 Å². The van der Waals surface area contributed by atoms with E-state index < -0.39 is 5.54 Å². The number of carbonyl (C=O) groups is 1. The number of ether oxygens (including phenoxy) is 2. The molecule has 1 unspecified atom stereocenters. The van der Waals surface area contributed by atoms with Crippen LogP contribution < -0.4 is 5.73 Å². The number of rotatable bonds is 3. The molecule has 17 heavy (non-hydrogen) atoms. The second kappa shape index (κ2) is 5.16. The molecule has 2 N–H and O–H groups in total. The molecule has 0 bridgehead atoms.